The van der Waals surface area contributed by atoms with E-state index in [9.17, 15) is 0 Å². The molecule has 0 aromatic heterocycles. The highest BCUT2D eigenvalue weighted by Gasteiger charge is 2.23. The van der Waals surface area contributed by atoms with E-state index in [0.29, 0.717) is 12.1 Å². The number of ether oxygens (including phenoxy) is 1. The van der Waals surface area contributed by atoms with E-state index in [-0.39, 0.29) is 0 Å². The fourth-order valence-electron chi connectivity index (χ4n) is 2.20. The molecule has 16 heavy (non-hydrogen) atoms. The lowest BCUT2D eigenvalue weighted by atomic mass is 9.97. The van der Waals surface area contributed by atoms with Crippen molar-refractivity contribution in [2.24, 2.45) is 5.92 Å². The van der Waals surface area contributed by atoms with Crippen molar-refractivity contribution in [2.75, 3.05) is 33.4 Å². The molecule has 0 aliphatic carbocycles. The van der Waals surface area contributed by atoms with Crippen LogP contribution in [0.15, 0.2) is 0 Å². The molecule has 0 bridgehead atoms. The van der Waals surface area contributed by atoms with Crippen molar-refractivity contribution in [2.45, 2.75) is 45.7 Å². The van der Waals surface area contributed by atoms with E-state index in [1.807, 2.05) is 0 Å². The quantitative estimate of drug-likeness (QED) is 0.718. The van der Waals surface area contributed by atoms with Crippen LogP contribution in [0, 0.1) is 5.92 Å². The summed E-state index contributed by atoms with van der Waals surface area (Å²) in [5, 5.41) is 3.68. The van der Waals surface area contributed by atoms with Gasteiger partial charge in [0, 0.05) is 31.8 Å². The second-order valence-electron chi connectivity index (χ2n) is 5.17. The SMILES string of the molecule is CCC(NCCN(C)C(C)C)C1CCOC1. The predicted molar refractivity (Wildman–Crippen MR) is 68.8 cm³/mol. The van der Waals surface area contributed by atoms with E-state index in [0.717, 1.165) is 32.2 Å². The summed E-state index contributed by atoms with van der Waals surface area (Å²) in [5.41, 5.74) is 0. The number of rotatable bonds is 7. The topological polar surface area (TPSA) is 24.5 Å². The zero-order valence-electron chi connectivity index (χ0n) is 11.3. The Morgan fingerprint density at radius 2 is 2.19 bits per heavy atom. The summed E-state index contributed by atoms with van der Waals surface area (Å²) in [6.45, 7) is 10.9. The van der Waals surface area contributed by atoms with Crippen LogP contribution >= 0.6 is 0 Å². The Labute approximate surface area is 101 Å². The van der Waals surface area contributed by atoms with Crippen LogP contribution in [0.4, 0.5) is 0 Å². The first-order valence-corrected chi connectivity index (χ1v) is 6.66. The van der Waals surface area contributed by atoms with E-state index in [1.54, 1.807) is 0 Å². The highest BCUT2D eigenvalue weighted by Crippen LogP contribution is 2.18. The van der Waals surface area contributed by atoms with Crippen molar-refractivity contribution in [1.29, 1.82) is 0 Å². The van der Waals surface area contributed by atoms with Crippen molar-refractivity contribution in [3.05, 3.63) is 0 Å². The van der Waals surface area contributed by atoms with Gasteiger partial charge in [0.2, 0.25) is 0 Å². The van der Waals surface area contributed by atoms with Gasteiger partial charge in [0.05, 0.1) is 6.61 Å². The fraction of sp³-hybridized carbons (Fsp3) is 1.00. The van der Waals surface area contributed by atoms with Crippen LogP contribution in [0.1, 0.15) is 33.6 Å². The average Bonchev–Trinajstić information content (AvgIpc) is 2.77. The van der Waals surface area contributed by atoms with Gasteiger partial charge in [-0.05, 0) is 39.7 Å². The van der Waals surface area contributed by atoms with Crippen LogP contribution in [0.3, 0.4) is 0 Å². The maximum Gasteiger partial charge on any atom is 0.0509 e. The molecule has 1 rings (SSSR count). The molecule has 0 aromatic rings. The van der Waals surface area contributed by atoms with Gasteiger partial charge in [0.15, 0.2) is 0 Å². The van der Waals surface area contributed by atoms with Crippen molar-refractivity contribution in [1.82, 2.24) is 10.2 Å². The van der Waals surface area contributed by atoms with Gasteiger partial charge in [-0.15, -0.1) is 0 Å². The van der Waals surface area contributed by atoms with Gasteiger partial charge in [-0.3, -0.25) is 0 Å². The molecular weight excluding hydrogens is 200 g/mol. The van der Waals surface area contributed by atoms with Crippen LogP contribution in [0.25, 0.3) is 0 Å². The molecule has 0 aromatic carbocycles. The third-order valence-corrected chi connectivity index (χ3v) is 3.73. The Morgan fingerprint density at radius 1 is 1.44 bits per heavy atom. The lowest BCUT2D eigenvalue weighted by molar-refractivity contribution is 0.174. The van der Waals surface area contributed by atoms with E-state index >= 15 is 0 Å². The third-order valence-electron chi connectivity index (χ3n) is 3.73. The lowest BCUT2D eigenvalue weighted by Crippen LogP contribution is -2.41. The van der Waals surface area contributed by atoms with Gasteiger partial charge in [-0.1, -0.05) is 6.92 Å². The number of hydrogen-bond donors (Lipinski definition) is 1. The second kappa shape index (κ2) is 7.25. The molecule has 2 atom stereocenters. The fourth-order valence-corrected chi connectivity index (χ4v) is 2.20. The molecule has 1 fully saturated rings. The first-order chi connectivity index (χ1) is 7.65. The second-order valence-corrected chi connectivity index (χ2v) is 5.17. The molecule has 0 radical (unpaired) electrons. The summed E-state index contributed by atoms with van der Waals surface area (Å²) in [6.07, 6.45) is 2.44. The smallest absolute Gasteiger partial charge is 0.0509 e. The van der Waals surface area contributed by atoms with Gasteiger partial charge >= 0.3 is 0 Å². The van der Waals surface area contributed by atoms with Gasteiger partial charge in [0.1, 0.15) is 0 Å². The number of nitrogens with one attached hydrogen (secondary N) is 1. The van der Waals surface area contributed by atoms with Crippen molar-refractivity contribution in [3.8, 4) is 0 Å². The minimum absolute atomic E-state index is 0.636. The van der Waals surface area contributed by atoms with Gasteiger partial charge in [-0.2, -0.15) is 0 Å². The first kappa shape index (κ1) is 13.9. The van der Waals surface area contributed by atoms with Gasteiger partial charge < -0.3 is 15.0 Å². The largest absolute Gasteiger partial charge is 0.381 e. The zero-order chi connectivity index (χ0) is 12.0. The summed E-state index contributed by atoms with van der Waals surface area (Å²) in [6, 6.07) is 1.28. The van der Waals surface area contributed by atoms with Crippen LogP contribution in [0.2, 0.25) is 0 Å². The number of likely N-dealkylation sites (N-methyl/N-ethyl adjacent to an activating group) is 1. The molecular formula is C13H28N2O. The van der Waals surface area contributed by atoms with Crippen LogP contribution in [-0.2, 0) is 4.74 Å². The molecule has 0 saturated carbocycles. The van der Waals surface area contributed by atoms with Gasteiger partial charge in [0.25, 0.3) is 0 Å². The molecule has 1 heterocycles. The molecule has 1 saturated heterocycles. The minimum Gasteiger partial charge on any atom is -0.381 e. The number of nitrogens with zero attached hydrogens (tertiary/aromatic N) is 1. The summed E-state index contributed by atoms with van der Waals surface area (Å²) in [4.78, 5) is 2.38. The van der Waals surface area contributed by atoms with E-state index in [2.05, 4.69) is 38.0 Å². The molecule has 0 spiro atoms. The van der Waals surface area contributed by atoms with E-state index in [1.165, 1.54) is 12.8 Å². The molecule has 2 unspecified atom stereocenters. The summed E-state index contributed by atoms with van der Waals surface area (Å²) < 4.78 is 5.46. The van der Waals surface area contributed by atoms with E-state index in [4.69, 9.17) is 4.74 Å². The zero-order valence-corrected chi connectivity index (χ0v) is 11.3. The Bertz CT molecular complexity index is 179. The highest BCUT2D eigenvalue weighted by molar-refractivity contribution is 4.78. The Kier molecular flexibility index (Phi) is 6.32. The highest BCUT2D eigenvalue weighted by atomic mass is 16.5. The third kappa shape index (κ3) is 4.40. The van der Waals surface area contributed by atoms with Gasteiger partial charge in [-0.25, -0.2) is 0 Å². The Balaban J connectivity index is 2.18. The molecule has 1 aliphatic rings. The molecule has 96 valence electrons. The van der Waals surface area contributed by atoms with Crippen molar-refractivity contribution < 1.29 is 4.74 Å². The van der Waals surface area contributed by atoms with Crippen LogP contribution in [-0.4, -0.2) is 50.3 Å². The molecule has 1 N–H and O–H groups in total. The maximum atomic E-state index is 5.46. The normalized spacial score (nSPS) is 23.2. The van der Waals surface area contributed by atoms with Crippen LogP contribution < -0.4 is 5.32 Å². The molecule has 1 aliphatic heterocycles. The monoisotopic (exact) mass is 228 g/mol. The standard InChI is InChI=1S/C13H28N2O/c1-5-13(12-6-9-16-10-12)14-7-8-15(4)11(2)3/h11-14H,5-10H2,1-4H3. The average molecular weight is 228 g/mol. The Morgan fingerprint density at radius 3 is 2.69 bits per heavy atom. The first-order valence-electron chi connectivity index (χ1n) is 6.66. The summed E-state index contributed by atoms with van der Waals surface area (Å²) in [5.74, 6) is 0.731. The predicted octanol–water partition coefficient (Wildman–Crippen LogP) is 1.73. The van der Waals surface area contributed by atoms with Crippen LogP contribution in [0.5, 0.6) is 0 Å². The summed E-state index contributed by atoms with van der Waals surface area (Å²) >= 11 is 0. The van der Waals surface area contributed by atoms with Crippen molar-refractivity contribution >= 4 is 0 Å². The lowest BCUT2D eigenvalue weighted by Gasteiger charge is -2.26. The minimum atomic E-state index is 0.636. The Hall–Kier alpha value is -0.120. The maximum absolute atomic E-state index is 5.46. The summed E-state index contributed by atoms with van der Waals surface area (Å²) in [7, 11) is 2.19. The van der Waals surface area contributed by atoms with Crippen molar-refractivity contribution in [3.63, 3.8) is 0 Å². The molecule has 3 heteroatoms. The number of hydrogen-bond acceptors (Lipinski definition) is 3. The van der Waals surface area contributed by atoms with E-state index < -0.39 is 0 Å². The molecule has 3 nitrogen and oxygen atoms in total. The molecule has 0 amide bonds.